The molecule has 0 saturated carbocycles. The lowest BCUT2D eigenvalue weighted by molar-refractivity contribution is 0.0672. The molecule has 1 fully saturated rings. The number of carbonyl (C=O) groups is 1. The van der Waals surface area contributed by atoms with Crippen molar-refractivity contribution in [1.82, 2.24) is 4.90 Å². The third-order valence-electron chi connectivity index (χ3n) is 3.33. The first kappa shape index (κ1) is 13.0. The van der Waals surface area contributed by atoms with Crippen LogP contribution < -0.4 is 0 Å². The van der Waals surface area contributed by atoms with Gasteiger partial charge in [-0.15, -0.1) is 0 Å². The Balaban J connectivity index is 2.31. The van der Waals surface area contributed by atoms with Crippen LogP contribution in [0.3, 0.4) is 0 Å². The van der Waals surface area contributed by atoms with Crippen molar-refractivity contribution >= 4 is 5.91 Å². The molecular formula is C13H15F2NO2. The molecule has 0 aromatic heterocycles. The number of aryl methyl sites for hydroxylation is 1. The molecule has 1 amide bonds. The summed E-state index contributed by atoms with van der Waals surface area (Å²) in [6.45, 7) is 1.85. The monoisotopic (exact) mass is 255 g/mol. The summed E-state index contributed by atoms with van der Waals surface area (Å²) in [6.07, 6.45) is 1.50. The van der Waals surface area contributed by atoms with Crippen LogP contribution in [0.2, 0.25) is 0 Å². The maximum atomic E-state index is 13.6. The third-order valence-corrected chi connectivity index (χ3v) is 3.33. The predicted octanol–water partition coefficient (Wildman–Crippen LogP) is 1.87. The summed E-state index contributed by atoms with van der Waals surface area (Å²) in [5.74, 6) is -2.00. The van der Waals surface area contributed by atoms with Gasteiger partial charge in [-0.25, -0.2) is 8.78 Å². The average Bonchev–Trinajstić information content (AvgIpc) is 2.81. The molecule has 1 aliphatic rings. The maximum Gasteiger partial charge on any atom is 0.257 e. The predicted molar refractivity (Wildman–Crippen MR) is 62.2 cm³/mol. The highest BCUT2D eigenvalue weighted by Gasteiger charge is 2.30. The Hall–Kier alpha value is -1.49. The molecule has 0 spiro atoms. The summed E-state index contributed by atoms with van der Waals surface area (Å²) in [4.78, 5) is 13.6. The van der Waals surface area contributed by atoms with Crippen LogP contribution in [0, 0.1) is 18.6 Å². The minimum Gasteiger partial charge on any atom is -0.394 e. The Kier molecular flexibility index (Phi) is 3.61. The van der Waals surface area contributed by atoms with E-state index in [4.69, 9.17) is 5.11 Å². The van der Waals surface area contributed by atoms with Gasteiger partial charge in [0.15, 0.2) is 0 Å². The SMILES string of the molecule is Cc1cc(C(=O)N2CCC[C@H]2CO)c(F)cc1F. The van der Waals surface area contributed by atoms with Gasteiger partial charge in [0.05, 0.1) is 18.2 Å². The second-order valence-electron chi connectivity index (χ2n) is 4.56. The quantitative estimate of drug-likeness (QED) is 0.876. The Morgan fingerprint density at radius 1 is 1.44 bits per heavy atom. The van der Waals surface area contributed by atoms with E-state index >= 15 is 0 Å². The van der Waals surface area contributed by atoms with Crippen molar-refractivity contribution in [3.05, 3.63) is 34.9 Å². The van der Waals surface area contributed by atoms with E-state index < -0.39 is 17.5 Å². The van der Waals surface area contributed by atoms with E-state index in [9.17, 15) is 13.6 Å². The number of aliphatic hydroxyl groups excluding tert-OH is 1. The summed E-state index contributed by atoms with van der Waals surface area (Å²) < 4.78 is 26.8. The van der Waals surface area contributed by atoms with Crippen LogP contribution in [0.4, 0.5) is 8.78 Å². The fourth-order valence-corrected chi connectivity index (χ4v) is 2.27. The van der Waals surface area contributed by atoms with Crippen LogP contribution in [0.1, 0.15) is 28.8 Å². The van der Waals surface area contributed by atoms with Crippen LogP contribution >= 0.6 is 0 Å². The molecule has 1 saturated heterocycles. The lowest BCUT2D eigenvalue weighted by Crippen LogP contribution is -2.38. The number of likely N-dealkylation sites (tertiary alicyclic amines) is 1. The highest BCUT2D eigenvalue weighted by molar-refractivity contribution is 5.95. The summed E-state index contributed by atoms with van der Waals surface area (Å²) in [7, 11) is 0. The molecule has 1 N–H and O–H groups in total. The average molecular weight is 255 g/mol. The highest BCUT2D eigenvalue weighted by atomic mass is 19.1. The number of hydrogen-bond donors (Lipinski definition) is 1. The van der Waals surface area contributed by atoms with E-state index in [1.165, 1.54) is 17.9 Å². The molecule has 2 rings (SSSR count). The van der Waals surface area contributed by atoms with Crippen LogP contribution in [0.15, 0.2) is 12.1 Å². The fourth-order valence-electron chi connectivity index (χ4n) is 2.27. The first-order valence-electron chi connectivity index (χ1n) is 5.92. The number of benzene rings is 1. The summed E-state index contributed by atoms with van der Waals surface area (Å²) in [5.41, 5.74) is 0.105. The number of halogens is 2. The van der Waals surface area contributed by atoms with Crippen molar-refractivity contribution in [3.8, 4) is 0 Å². The number of amides is 1. The minimum atomic E-state index is -0.855. The Morgan fingerprint density at radius 3 is 2.83 bits per heavy atom. The van der Waals surface area contributed by atoms with Gasteiger partial charge >= 0.3 is 0 Å². The third kappa shape index (κ3) is 2.22. The van der Waals surface area contributed by atoms with Gasteiger partial charge in [0.2, 0.25) is 0 Å². The molecular weight excluding hydrogens is 240 g/mol. The summed E-state index contributed by atoms with van der Waals surface area (Å²) in [5, 5.41) is 9.15. The van der Waals surface area contributed by atoms with Gasteiger partial charge in [0.25, 0.3) is 5.91 Å². The number of hydrogen-bond acceptors (Lipinski definition) is 2. The molecule has 0 radical (unpaired) electrons. The highest BCUT2D eigenvalue weighted by Crippen LogP contribution is 2.22. The van der Waals surface area contributed by atoms with Gasteiger partial charge in [-0.3, -0.25) is 4.79 Å². The van der Waals surface area contributed by atoms with Crippen molar-refractivity contribution in [3.63, 3.8) is 0 Å². The van der Waals surface area contributed by atoms with Crippen LogP contribution in [0.5, 0.6) is 0 Å². The molecule has 0 unspecified atom stereocenters. The van der Waals surface area contributed by atoms with Gasteiger partial charge < -0.3 is 10.0 Å². The van der Waals surface area contributed by atoms with Crippen molar-refractivity contribution in [2.75, 3.05) is 13.2 Å². The molecule has 5 heteroatoms. The second kappa shape index (κ2) is 5.02. The molecule has 1 aromatic carbocycles. The zero-order valence-electron chi connectivity index (χ0n) is 10.1. The molecule has 18 heavy (non-hydrogen) atoms. The smallest absolute Gasteiger partial charge is 0.257 e. The Morgan fingerprint density at radius 2 is 2.17 bits per heavy atom. The van der Waals surface area contributed by atoms with Crippen molar-refractivity contribution in [2.24, 2.45) is 0 Å². The van der Waals surface area contributed by atoms with Gasteiger partial charge in [0, 0.05) is 12.6 Å². The van der Waals surface area contributed by atoms with Crippen molar-refractivity contribution in [2.45, 2.75) is 25.8 Å². The summed E-state index contributed by atoms with van der Waals surface area (Å²) in [6, 6.07) is 1.69. The van der Waals surface area contributed by atoms with E-state index in [0.717, 1.165) is 12.5 Å². The molecule has 0 aliphatic carbocycles. The van der Waals surface area contributed by atoms with E-state index in [1.807, 2.05) is 0 Å². The van der Waals surface area contributed by atoms with Gasteiger partial charge in [-0.2, -0.15) is 0 Å². The maximum absolute atomic E-state index is 13.6. The standard InChI is InChI=1S/C13H15F2NO2/c1-8-5-10(12(15)6-11(8)14)13(18)16-4-2-3-9(16)7-17/h5-6,9,17H,2-4,7H2,1H3/t9-/m0/s1. The van der Waals surface area contributed by atoms with Crippen LogP contribution in [-0.2, 0) is 0 Å². The molecule has 3 nitrogen and oxygen atoms in total. The van der Waals surface area contributed by atoms with Crippen LogP contribution in [0.25, 0.3) is 0 Å². The number of aliphatic hydroxyl groups is 1. The Labute approximate surface area is 104 Å². The molecule has 1 heterocycles. The van der Waals surface area contributed by atoms with Crippen LogP contribution in [-0.4, -0.2) is 35.1 Å². The zero-order valence-corrected chi connectivity index (χ0v) is 10.1. The Bertz CT molecular complexity index is 476. The molecule has 1 atom stereocenters. The van der Waals surface area contributed by atoms with Gasteiger partial charge in [0.1, 0.15) is 11.6 Å². The second-order valence-corrected chi connectivity index (χ2v) is 4.56. The van der Waals surface area contributed by atoms with E-state index in [1.54, 1.807) is 0 Å². The van der Waals surface area contributed by atoms with Crippen molar-refractivity contribution < 1.29 is 18.7 Å². The van der Waals surface area contributed by atoms with E-state index in [2.05, 4.69) is 0 Å². The lowest BCUT2D eigenvalue weighted by Gasteiger charge is -2.23. The van der Waals surface area contributed by atoms with Gasteiger partial charge in [-0.05, 0) is 31.4 Å². The fraction of sp³-hybridized carbons (Fsp3) is 0.462. The van der Waals surface area contributed by atoms with Gasteiger partial charge in [-0.1, -0.05) is 0 Å². The van der Waals surface area contributed by atoms with E-state index in [-0.39, 0.29) is 23.8 Å². The molecule has 98 valence electrons. The topological polar surface area (TPSA) is 40.5 Å². The largest absolute Gasteiger partial charge is 0.394 e. The lowest BCUT2D eigenvalue weighted by atomic mass is 10.1. The first-order valence-corrected chi connectivity index (χ1v) is 5.92. The molecule has 1 aromatic rings. The normalized spacial score (nSPS) is 19.3. The number of rotatable bonds is 2. The summed E-state index contributed by atoms with van der Waals surface area (Å²) >= 11 is 0. The minimum absolute atomic E-state index is 0.130. The number of carbonyl (C=O) groups excluding carboxylic acids is 1. The molecule has 0 bridgehead atoms. The van der Waals surface area contributed by atoms with Crippen molar-refractivity contribution in [1.29, 1.82) is 0 Å². The van der Waals surface area contributed by atoms with E-state index in [0.29, 0.717) is 13.0 Å². The number of nitrogens with zero attached hydrogens (tertiary/aromatic N) is 1. The zero-order chi connectivity index (χ0) is 13.3. The molecule has 1 aliphatic heterocycles. The first-order chi connectivity index (χ1) is 8.54.